The van der Waals surface area contributed by atoms with E-state index in [2.05, 4.69) is 4.99 Å². The van der Waals surface area contributed by atoms with Gasteiger partial charge in [0.1, 0.15) is 0 Å². The predicted molar refractivity (Wildman–Crippen MR) is 70.6 cm³/mol. The minimum atomic E-state index is -4.35. The van der Waals surface area contributed by atoms with Gasteiger partial charge in [-0.25, -0.2) is 4.99 Å². The molecule has 0 spiro atoms. The smallest absolute Gasteiger partial charge is 0.416 e. The summed E-state index contributed by atoms with van der Waals surface area (Å²) in [6.45, 7) is 1.30. The standard InChI is InChI=1S/C13H12F3NO2S/c1-8(18)19-11-7-20-12(17-11)6-9-3-2-4-10(5-9)13(14,15)16/h2-5,11H,6-7H2,1H3/t11-/m1/s1. The monoisotopic (exact) mass is 303 g/mol. The van der Waals surface area contributed by atoms with Crippen molar-refractivity contribution in [1.29, 1.82) is 0 Å². The lowest BCUT2D eigenvalue weighted by Gasteiger charge is -2.08. The van der Waals surface area contributed by atoms with Gasteiger partial charge in [-0.1, -0.05) is 18.2 Å². The maximum absolute atomic E-state index is 12.6. The molecule has 108 valence electrons. The molecule has 1 aromatic carbocycles. The van der Waals surface area contributed by atoms with Crippen LogP contribution in [-0.4, -0.2) is 23.0 Å². The van der Waals surface area contributed by atoms with Crippen LogP contribution >= 0.6 is 11.8 Å². The van der Waals surface area contributed by atoms with Gasteiger partial charge in [0.05, 0.1) is 16.4 Å². The summed E-state index contributed by atoms with van der Waals surface area (Å²) in [5, 5.41) is 0.676. The number of thioether (sulfide) groups is 1. The van der Waals surface area contributed by atoms with E-state index >= 15 is 0 Å². The Morgan fingerprint density at radius 3 is 2.90 bits per heavy atom. The van der Waals surface area contributed by atoms with Gasteiger partial charge in [-0.2, -0.15) is 13.2 Å². The number of benzene rings is 1. The Morgan fingerprint density at radius 2 is 2.25 bits per heavy atom. The number of hydrogen-bond acceptors (Lipinski definition) is 4. The Bertz CT molecular complexity index is 543. The van der Waals surface area contributed by atoms with E-state index in [1.54, 1.807) is 6.07 Å². The highest BCUT2D eigenvalue weighted by Crippen LogP contribution is 2.30. The maximum Gasteiger partial charge on any atom is 0.416 e. The third-order valence-electron chi connectivity index (χ3n) is 2.59. The van der Waals surface area contributed by atoms with Crippen molar-refractivity contribution in [1.82, 2.24) is 0 Å². The van der Waals surface area contributed by atoms with Crippen LogP contribution < -0.4 is 0 Å². The lowest BCUT2D eigenvalue weighted by atomic mass is 10.1. The topological polar surface area (TPSA) is 38.7 Å². The van der Waals surface area contributed by atoms with E-state index in [0.29, 0.717) is 22.8 Å². The van der Waals surface area contributed by atoms with Crippen molar-refractivity contribution in [3.63, 3.8) is 0 Å². The Hall–Kier alpha value is -1.50. The number of carbonyl (C=O) groups excluding carboxylic acids is 1. The van der Waals surface area contributed by atoms with Crippen molar-refractivity contribution in [2.75, 3.05) is 5.75 Å². The maximum atomic E-state index is 12.6. The summed E-state index contributed by atoms with van der Waals surface area (Å²) in [6.07, 6.45) is -4.56. The lowest BCUT2D eigenvalue weighted by Crippen LogP contribution is -2.13. The summed E-state index contributed by atoms with van der Waals surface area (Å²) in [5.74, 6) is 0.0908. The molecule has 2 rings (SSSR count). The highest BCUT2D eigenvalue weighted by atomic mass is 32.2. The van der Waals surface area contributed by atoms with Gasteiger partial charge in [-0.3, -0.25) is 4.79 Å². The molecule has 0 bridgehead atoms. The molecular weight excluding hydrogens is 291 g/mol. The molecule has 0 radical (unpaired) electrons. The highest BCUT2D eigenvalue weighted by molar-refractivity contribution is 8.14. The second-order valence-corrected chi connectivity index (χ2v) is 5.37. The van der Waals surface area contributed by atoms with E-state index < -0.39 is 23.9 Å². The number of rotatable bonds is 3. The van der Waals surface area contributed by atoms with Gasteiger partial charge in [0.2, 0.25) is 6.23 Å². The summed E-state index contributed by atoms with van der Waals surface area (Å²) in [5.41, 5.74) is -0.135. The molecule has 1 aromatic rings. The molecule has 0 saturated carbocycles. The van der Waals surface area contributed by atoms with Gasteiger partial charge < -0.3 is 4.74 Å². The zero-order valence-electron chi connectivity index (χ0n) is 10.6. The number of ether oxygens (including phenoxy) is 1. The number of halogens is 3. The van der Waals surface area contributed by atoms with Gasteiger partial charge in [0.15, 0.2) is 0 Å². The largest absolute Gasteiger partial charge is 0.439 e. The van der Waals surface area contributed by atoms with Crippen LogP contribution in [0.4, 0.5) is 13.2 Å². The number of carbonyl (C=O) groups is 1. The van der Waals surface area contributed by atoms with E-state index in [1.807, 2.05) is 0 Å². The van der Waals surface area contributed by atoms with Crippen molar-refractivity contribution in [2.24, 2.45) is 4.99 Å². The Balaban J connectivity index is 2.06. The number of esters is 1. The summed E-state index contributed by atoms with van der Waals surface area (Å²) < 4.78 is 42.7. The number of alkyl halides is 3. The van der Waals surface area contributed by atoms with Crippen LogP contribution in [-0.2, 0) is 22.1 Å². The molecule has 0 fully saturated rings. The van der Waals surface area contributed by atoms with Crippen LogP contribution in [0, 0.1) is 0 Å². The molecule has 7 heteroatoms. The van der Waals surface area contributed by atoms with Gasteiger partial charge in [-0.05, 0) is 11.6 Å². The van der Waals surface area contributed by atoms with Gasteiger partial charge in [0, 0.05) is 13.3 Å². The summed E-state index contributed by atoms with van der Waals surface area (Å²) in [7, 11) is 0. The lowest BCUT2D eigenvalue weighted by molar-refractivity contribution is -0.144. The van der Waals surface area contributed by atoms with E-state index in [1.165, 1.54) is 24.8 Å². The Kier molecular flexibility index (Phi) is 4.37. The van der Waals surface area contributed by atoms with Crippen LogP contribution in [0.2, 0.25) is 0 Å². The normalized spacial score (nSPS) is 18.8. The predicted octanol–water partition coefficient (Wildman–Crippen LogP) is 3.28. The molecule has 0 aliphatic carbocycles. The van der Waals surface area contributed by atoms with Crippen LogP contribution in [0.25, 0.3) is 0 Å². The molecule has 1 heterocycles. The number of nitrogens with zero attached hydrogens (tertiary/aromatic N) is 1. The summed E-state index contributed by atoms with van der Waals surface area (Å²) >= 11 is 1.39. The molecule has 0 aromatic heterocycles. The third kappa shape index (κ3) is 4.00. The molecule has 0 amide bonds. The second-order valence-electron chi connectivity index (χ2n) is 4.27. The first kappa shape index (κ1) is 14.9. The summed E-state index contributed by atoms with van der Waals surface area (Å²) in [6, 6.07) is 5.15. The van der Waals surface area contributed by atoms with E-state index in [9.17, 15) is 18.0 Å². The van der Waals surface area contributed by atoms with Crippen molar-refractivity contribution in [3.8, 4) is 0 Å². The van der Waals surface area contributed by atoms with Crippen molar-refractivity contribution >= 4 is 22.8 Å². The fourth-order valence-electron chi connectivity index (χ4n) is 1.78. The second kappa shape index (κ2) is 5.87. The fourth-order valence-corrected chi connectivity index (χ4v) is 2.72. The Labute approximate surface area is 118 Å². The SMILES string of the molecule is CC(=O)O[C@@H]1CSC(Cc2cccc(C(F)(F)F)c2)=N1. The van der Waals surface area contributed by atoms with Crippen molar-refractivity contribution in [2.45, 2.75) is 25.7 Å². The van der Waals surface area contributed by atoms with E-state index in [-0.39, 0.29) is 0 Å². The van der Waals surface area contributed by atoms with Crippen LogP contribution in [0.3, 0.4) is 0 Å². The van der Waals surface area contributed by atoms with Gasteiger partial charge in [-0.15, -0.1) is 11.8 Å². The molecule has 20 heavy (non-hydrogen) atoms. The molecule has 0 saturated heterocycles. The van der Waals surface area contributed by atoms with Gasteiger partial charge >= 0.3 is 12.1 Å². The van der Waals surface area contributed by atoms with Crippen LogP contribution in [0.5, 0.6) is 0 Å². The van der Waals surface area contributed by atoms with Crippen LogP contribution in [0.1, 0.15) is 18.1 Å². The van der Waals surface area contributed by atoms with Crippen molar-refractivity contribution < 1.29 is 22.7 Å². The van der Waals surface area contributed by atoms with E-state index in [0.717, 1.165) is 12.1 Å². The summed E-state index contributed by atoms with van der Waals surface area (Å²) in [4.78, 5) is 15.0. The molecule has 0 N–H and O–H groups in total. The molecule has 1 aliphatic rings. The third-order valence-corrected chi connectivity index (χ3v) is 3.63. The average molecular weight is 303 g/mol. The number of aliphatic imine (C=N–C) groups is 1. The first-order chi connectivity index (χ1) is 9.34. The highest BCUT2D eigenvalue weighted by Gasteiger charge is 2.30. The molecule has 1 aliphatic heterocycles. The minimum Gasteiger partial charge on any atom is -0.439 e. The first-order valence-electron chi connectivity index (χ1n) is 5.87. The Morgan fingerprint density at radius 1 is 1.50 bits per heavy atom. The zero-order chi connectivity index (χ0) is 14.8. The molecule has 3 nitrogen and oxygen atoms in total. The van der Waals surface area contributed by atoms with Crippen molar-refractivity contribution in [3.05, 3.63) is 35.4 Å². The zero-order valence-corrected chi connectivity index (χ0v) is 11.4. The van der Waals surface area contributed by atoms with Crippen LogP contribution in [0.15, 0.2) is 29.3 Å². The van der Waals surface area contributed by atoms with E-state index in [4.69, 9.17) is 4.74 Å². The molecule has 0 unspecified atom stereocenters. The quantitative estimate of drug-likeness (QED) is 0.804. The fraction of sp³-hybridized carbons (Fsp3) is 0.385. The minimum absolute atomic E-state index is 0.312. The molecule has 1 atom stereocenters. The van der Waals surface area contributed by atoms with Gasteiger partial charge in [0.25, 0.3) is 0 Å². The molecular formula is C13H12F3NO2S. The average Bonchev–Trinajstić information content (AvgIpc) is 2.75. The first-order valence-corrected chi connectivity index (χ1v) is 6.86. The number of hydrogen-bond donors (Lipinski definition) is 0.